The smallest absolute Gasteiger partial charge is 0.409 e. The summed E-state index contributed by atoms with van der Waals surface area (Å²) in [5.41, 5.74) is 1.43. The lowest BCUT2D eigenvalue weighted by atomic mass is 10.1. The van der Waals surface area contributed by atoms with Gasteiger partial charge in [0.05, 0.1) is 12.2 Å². The van der Waals surface area contributed by atoms with Crippen LogP contribution in [0.15, 0.2) is 30.3 Å². The molecule has 1 aromatic heterocycles. The van der Waals surface area contributed by atoms with Crippen LogP contribution in [0.1, 0.15) is 25.5 Å². The Morgan fingerprint density at radius 3 is 2.73 bits per heavy atom. The molecule has 1 fully saturated rings. The molecular weight excluding hydrogens is 332 g/mol. The molecular formula is C19H24N4O3. The Hall–Kier alpha value is -2.83. The van der Waals surface area contributed by atoms with Crippen LogP contribution in [0.3, 0.4) is 0 Å². The van der Waals surface area contributed by atoms with Gasteiger partial charge < -0.3 is 20.1 Å². The lowest BCUT2D eigenvalue weighted by molar-refractivity contribution is 0.0983. The average Bonchev–Trinajstić information content (AvgIpc) is 2.62. The summed E-state index contributed by atoms with van der Waals surface area (Å²) in [5, 5.41) is 13.5. The molecule has 3 rings (SSSR count). The van der Waals surface area contributed by atoms with Gasteiger partial charge in [-0.3, -0.25) is 0 Å². The van der Waals surface area contributed by atoms with E-state index in [9.17, 15) is 9.90 Å². The molecule has 2 N–H and O–H groups in total. The molecule has 0 aliphatic carbocycles. The number of rotatable bonds is 4. The van der Waals surface area contributed by atoms with Crippen molar-refractivity contribution >= 4 is 11.9 Å². The third-order valence-corrected chi connectivity index (χ3v) is 4.37. The molecule has 1 aliphatic heterocycles. The normalized spacial score (nSPS) is 14.9. The number of nitrogens with zero attached hydrogens (tertiary/aromatic N) is 3. The number of aryl methyl sites for hydroxylation is 1. The number of hydrogen-bond acceptors (Lipinski definition) is 6. The van der Waals surface area contributed by atoms with Crippen molar-refractivity contribution in [1.82, 2.24) is 14.9 Å². The highest BCUT2D eigenvalue weighted by atomic mass is 16.6. The van der Waals surface area contributed by atoms with Crippen LogP contribution in [0, 0.1) is 6.92 Å². The van der Waals surface area contributed by atoms with Crippen molar-refractivity contribution < 1.29 is 14.6 Å². The van der Waals surface area contributed by atoms with E-state index in [1.165, 1.54) is 0 Å². The summed E-state index contributed by atoms with van der Waals surface area (Å²) in [7, 11) is 0. The summed E-state index contributed by atoms with van der Waals surface area (Å²) >= 11 is 0. The summed E-state index contributed by atoms with van der Waals surface area (Å²) in [6.45, 7) is 5.43. The van der Waals surface area contributed by atoms with Gasteiger partial charge in [-0.05, 0) is 38.8 Å². The Kier molecular flexibility index (Phi) is 5.55. The topological polar surface area (TPSA) is 87.6 Å². The zero-order chi connectivity index (χ0) is 18.5. The fraction of sp³-hybridized carbons (Fsp3) is 0.421. The van der Waals surface area contributed by atoms with Gasteiger partial charge in [-0.15, -0.1) is 0 Å². The van der Waals surface area contributed by atoms with Crippen molar-refractivity contribution in [3.8, 4) is 17.1 Å². The fourth-order valence-electron chi connectivity index (χ4n) is 3.06. The number of piperidine rings is 1. The molecule has 1 aromatic carbocycles. The number of likely N-dealkylation sites (tertiary alicyclic amines) is 1. The summed E-state index contributed by atoms with van der Waals surface area (Å²) in [4.78, 5) is 22.5. The van der Waals surface area contributed by atoms with Crippen molar-refractivity contribution in [3.63, 3.8) is 0 Å². The number of phenols is 1. The van der Waals surface area contributed by atoms with Crippen LogP contribution < -0.4 is 5.32 Å². The summed E-state index contributed by atoms with van der Waals surface area (Å²) in [5.74, 6) is 1.38. The molecule has 0 bridgehead atoms. The summed E-state index contributed by atoms with van der Waals surface area (Å²) in [6, 6.07) is 9.16. The second kappa shape index (κ2) is 8.03. The summed E-state index contributed by atoms with van der Waals surface area (Å²) < 4.78 is 5.05. The number of aromatic nitrogens is 2. The number of carbonyl (C=O) groups is 1. The molecule has 1 saturated heterocycles. The average molecular weight is 356 g/mol. The first-order valence-corrected chi connectivity index (χ1v) is 8.89. The van der Waals surface area contributed by atoms with Crippen LogP contribution in [0.5, 0.6) is 5.75 Å². The molecule has 0 radical (unpaired) electrons. The standard InChI is InChI=1S/C19H24N4O3/c1-3-26-19(25)23-10-8-14(9-11-23)21-17-12-13(2)20-18(22-17)15-6-4-5-7-16(15)24/h4-7,12,14,24H,3,8-11H2,1-2H3,(H,20,21,22). The number of nitrogens with one attached hydrogen (secondary N) is 1. The zero-order valence-corrected chi connectivity index (χ0v) is 15.1. The van der Waals surface area contributed by atoms with E-state index in [1.54, 1.807) is 23.1 Å². The molecule has 7 nitrogen and oxygen atoms in total. The molecule has 0 saturated carbocycles. The second-order valence-corrected chi connectivity index (χ2v) is 6.34. The van der Waals surface area contributed by atoms with Gasteiger partial charge in [-0.2, -0.15) is 0 Å². The third-order valence-electron chi connectivity index (χ3n) is 4.37. The van der Waals surface area contributed by atoms with Crippen molar-refractivity contribution in [3.05, 3.63) is 36.0 Å². The number of ether oxygens (including phenoxy) is 1. The number of phenolic OH excluding ortho intramolecular Hbond substituents is 1. The Morgan fingerprint density at radius 1 is 1.31 bits per heavy atom. The maximum Gasteiger partial charge on any atom is 0.409 e. The first-order chi connectivity index (χ1) is 12.6. The first-order valence-electron chi connectivity index (χ1n) is 8.89. The Morgan fingerprint density at radius 2 is 2.04 bits per heavy atom. The van der Waals surface area contributed by atoms with E-state index < -0.39 is 0 Å². The van der Waals surface area contributed by atoms with Gasteiger partial charge >= 0.3 is 6.09 Å². The van der Waals surface area contributed by atoms with Gasteiger partial charge in [0.25, 0.3) is 0 Å². The number of carbonyl (C=O) groups excluding carboxylic acids is 1. The van der Waals surface area contributed by atoms with Gasteiger partial charge in [-0.1, -0.05) is 12.1 Å². The number of aromatic hydroxyl groups is 1. The first kappa shape index (κ1) is 18.0. The lowest BCUT2D eigenvalue weighted by Gasteiger charge is -2.31. The SMILES string of the molecule is CCOC(=O)N1CCC(Nc2cc(C)nc(-c3ccccc3O)n2)CC1. The fourth-order valence-corrected chi connectivity index (χ4v) is 3.06. The minimum atomic E-state index is -0.245. The van der Waals surface area contributed by atoms with Gasteiger partial charge in [0, 0.05) is 30.9 Å². The van der Waals surface area contributed by atoms with Crippen LogP contribution in [-0.4, -0.2) is 51.8 Å². The zero-order valence-electron chi connectivity index (χ0n) is 15.1. The quantitative estimate of drug-likeness (QED) is 0.875. The van der Waals surface area contributed by atoms with Crippen molar-refractivity contribution in [2.75, 3.05) is 25.0 Å². The maximum absolute atomic E-state index is 11.8. The Bertz CT molecular complexity index is 773. The minimum absolute atomic E-state index is 0.159. The van der Waals surface area contributed by atoms with Gasteiger partial charge in [0.1, 0.15) is 11.6 Å². The molecule has 138 valence electrons. The monoisotopic (exact) mass is 356 g/mol. The predicted molar refractivity (Wildman–Crippen MR) is 99.1 cm³/mol. The molecule has 2 aromatic rings. The number of hydrogen-bond donors (Lipinski definition) is 2. The van der Waals surface area contributed by atoms with E-state index in [-0.39, 0.29) is 17.9 Å². The van der Waals surface area contributed by atoms with Crippen molar-refractivity contribution in [1.29, 1.82) is 0 Å². The lowest BCUT2D eigenvalue weighted by Crippen LogP contribution is -2.42. The second-order valence-electron chi connectivity index (χ2n) is 6.34. The van der Waals surface area contributed by atoms with Crippen LogP contribution in [-0.2, 0) is 4.74 Å². The van der Waals surface area contributed by atoms with E-state index in [2.05, 4.69) is 15.3 Å². The third kappa shape index (κ3) is 4.22. The largest absolute Gasteiger partial charge is 0.507 e. The van der Waals surface area contributed by atoms with Crippen molar-refractivity contribution in [2.24, 2.45) is 0 Å². The van der Waals surface area contributed by atoms with Crippen LogP contribution in [0.2, 0.25) is 0 Å². The summed E-state index contributed by atoms with van der Waals surface area (Å²) in [6.07, 6.45) is 1.41. The van der Waals surface area contributed by atoms with Crippen LogP contribution in [0.4, 0.5) is 10.6 Å². The highest BCUT2D eigenvalue weighted by molar-refractivity contribution is 5.67. The van der Waals surface area contributed by atoms with E-state index >= 15 is 0 Å². The molecule has 1 aliphatic rings. The van der Waals surface area contributed by atoms with Crippen LogP contribution >= 0.6 is 0 Å². The van der Waals surface area contributed by atoms with E-state index in [1.807, 2.05) is 26.0 Å². The molecule has 0 atom stereocenters. The molecule has 0 unspecified atom stereocenters. The van der Waals surface area contributed by atoms with E-state index in [0.29, 0.717) is 31.1 Å². The van der Waals surface area contributed by atoms with E-state index in [4.69, 9.17) is 4.74 Å². The molecule has 26 heavy (non-hydrogen) atoms. The minimum Gasteiger partial charge on any atom is -0.507 e. The Labute approximate surface area is 153 Å². The number of anilines is 1. The van der Waals surface area contributed by atoms with Gasteiger partial charge in [-0.25, -0.2) is 14.8 Å². The number of amides is 1. The molecule has 2 heterocycles. The highest BCUT2D eigenvalue weighted by Crippen LogP contribution is 2.27. The number of benzene rings is 1. The van der Waals surface area contributed by atoms with E-state index in [0.717, 1.165) is 24.4 Å². The Balaban J connectivity index is 1.68. The van der Waals surface area contributed by atoms with Gasteiger partial charge in [0.15, 0.2) is 5.82 Å². The highest BCUT2D eigenvalue weighted by Gasteiger charge is 2.24. The molecule has 7 heteroatoms. The molecule has 0 spiro atoms. The van der Waals surface area contributed by atoms with Crippen molar-refractivity contribution in [2.45, 2.75) is 32.7 Å². The predicted octanol–water partition coefficient (Wildman–Crippen LogP) is 3.19. The van der Waals surface area contributed by atoms with Crippen LogP contribution in [0.25, 0.3) is 11.4 Å². The maximum atomic E-state index is 11.8. The molecule has 1 amide bonds. The number of para-hydroxylation sites is 1. The van der Waals surface area contributed by atoms with Gasteiger partial charge in [0.2, 0.25) is 0 Å².